The van der Waals surface area contributed by atoms with E-state index in [9.17, 15) is 18.4 Å². The van der Waals surface area contributed by atoms with E-state index in [0.717, 1.165) is 28.2 Å². The zero-order valence-corrected chi connectivity index (χ0v) is 15.9. The van der Waals surface area contributed by atoms with Gasteiger partial charge in [0.25, 0.3) is 0 Å². The van der Waals surface area contributed by atoms with Gasteiger partial charge in [-0.15, -0.1) is 0 Å². The molecule has 0 aromatic heterocycles. The van der Waals surface area contributed by atoms with Crippen LogP contribution in [0.5, 0.6) is 0 Å². The summed E-state index contributed by atoms with van der Waals surface area (Å²) in [6.07, 6.45) is 0. The van der Waals surface area contributed by atoms with Gasteiger partial charge in [-0.05, 0) is 49.9 Å². The number of hydrogen-bond donors (Lipinski definition) is 2. The number of aryl methyl sites for hydroxylation is 1. The molecule has 26 heavy (non-hydrogen) atoms. The van der Waals surface area contributed by atoms with Crippen LogP contribution in [0.2, 0.25) is 0 Å². The molecule has 2 amide bonds. The monoisotopic (exact) mass is 425 g/mol. The van der Waals surface area contributed by atoms with E-state index >= 15 is 0 Å². The number of nitrogens with zero attached hydrogens (tertiary/aromatic N) is 1. The Bertz CT molecular complexity index is 830. The highest BCUT2D eigenvalue weighted by Crippen LogP contribution is 2.20. The van der Waals surface area contributed by atoms with E-state index in [1.807, 2.05) is 19.1 Å². The second-order valence-corrected chi connectivity index (χ2v) is 6.77. The second kappa shape index (κ2) is 8.86. The van der Waals surface area contributed by atoms with Crippen LogP contribution in [0, 0.1) is 18.6 Å². The van der Waals surface area contributed by atoms with Gasteiger partial charge in [0.1, 0.15) is 11.6 Å². The van der Waals surface area contributed by atoms with Gasteiger partial charge in [0.15, 0.2) is 0 Å². The first-order valence-electron chi connectivity index (χ1n) is 7.74. The highest BCUT2D eigenvalue weighted by molar-refractivity contribution is 9.10. The number of hydrogen-bond acceptors (Lipinski definition) is 3. The fraction of sp³-hybridized carbons (Fsp3) is 0.222. The molecule has 138 valence electrons. The SMILES string of the molecule is Cc1cc(Br)ccc1NC(=O)CN(C)CC(=O)Nc1cc(F)ccc1F. The van der Waals surface area contributed by atoms with Crippen LogP contribution < -0.4 is 10.6 Å². The molecule has 0 saturated heterocycles. The molecule has 0 fully saturated rings. The van der Waals surface area contributed by atoms with Gasteiger partial charge in [0.2, 0.25) is 11.8 Å². The average molecular weight is 426 g/mol. The number of amides is 2. The Hall–Kier alpha value is -2.32. The van der Waals surface area contributed by atoms with Crippen molar-refractivity contribution in [2.75, 3.05) is 30.8 Å². The molecule has 2 rings (SSSR count). The number of halogens is 3. The van der Waals surface area contributed by atoms with E-state index in [1.165, 1.54) is 4.90 Å². The molecule has 0 aliphatic carbocycles. The summed E-state index contributed by atoms with van der Waals surface area (Å²) in [5, 5.41) is 5.05. The van der Waals surface area contributed by atoms with Crippen molar-refractivity contribution in [3.63, 3.8) is 0 Å². The molecule has 0 spiro atoms. The number of carbonyl (C=O) groups excluding carboxylic acids is 2. The summed E-state index contributed by atoms with van der Waals surface area (Å²) in [5.74, 6) is -2.22. The molecular formula is C18H18BrF2N3O2. The predicted octanol–water partition coefficient (Wildman–Crippen LogP) is 3.54. The van der Waals surface area contributed by atoms with Crippen LogP contribution in [0.3, 0.4) is 0 Å². The first-order valence-corrected chi connectivity index (χ1v) is 8.53. The van der Waals surface area contributed by atoms with E-state index in [-0.39, 0.29) is 24.7 Å². The van der Waals surface area contributed by atoms with E-state index in [0.29, 0.717) is 5.69 Å². The molecular weight excluding hydrogens is 408 g/mol. The Labute approximate surface area is 158 Å². The van der Waals surface area contributed by atoms with Crippen molar-refractivity contribution in [2.45, 2.75) is 6.92 Å². The van der Waals surface area contributed by atoms with Crippen molar-refractivity contribution in [1.82, 2.24) is 4.90 Å². The lowest BCUT2D eigenvalue weighted by Gasteiger charge is -2.17. The zero-order chi connectivity index (χ0) is 19.3. The number of anilines is 2. The van der Waals surface area contributed by atoms with Crippen LogP contribution in [0.25, 0.3) is 0 Å². The number of nitrogens with one attached hydrogen (secondary N) is 2. The Morgan fingerprint density at radius 1 is 1.00 bits per heavy atom. The lowest BCUT2D eigenvalue weighted by molar-refractivity contribution is -0.119. The van der Waals surface area contributed by atoms with Gasteiger partial charge >= 0.3 is 0 Å². The fourth-order valence-corrected chi connectivity index (χ4v) is 2.76. The zero-order valence-electron chi connectivity index (χ0n) is 14.3. The normalized spacial score (nSPS) is 10.7. The molecule has 0 bridgehead atoms. The topological polar surface area (TPSA) is 61.4 Å². The minimum Gasteiger partial charge on any atom is -0.325 e. The summed E-state index contributed by atoms with van der Waals surface area (Å²) in [5.41, 5.74) is 1.34. The van der Waals surface area contributed by atoms with Crippen molar-refractivity contribution in [3.8, 4) is 0 Å². The highest BCUT2D eigenvalue weighted by Gasteiger charge is 2.13. The van der Waals surface area contributed by atoms with Crippen LogP contribution in [-0.2, 0) is 9.59 Å². The van der Waals surface area contributed by atoms with Gasteiger partial charge in [-0.25, -0.2) is 8.78 Å². The third-order valence-electron chi connectivity index (χ3n) is 3.49. The summed E-state index contributed by atoms with van der Waals surface area (Å²) in [6.45, 7) is 1.68. The van der Waals surface area contributed by atoms with Gasteiger partial charge in [-0.2, -0.15) is 0 Å². The molecule has 8 heteroatoms. The number of rotatable bonds is 6. The van der Waals surface area contributed by atoms with E-state index in [1.54, 1.807) is 13.1 Å². The summed E-state index contributed by atoms with van der Waals surface area (Å²) < 4.78 is 27.5. The molecule has 0 unspecified atom stereocenters. The molecule has 5 nitrogen and oxygen atoms in total. The lowest BCUT2D eigenvalue weighted by Crippen LogP contribution is -2.36. The lowest BCUT2D eigenvalue weighted by atomic mass is 10.2. The van der Waals surface area contributed by atoms with E-state index < -0.39 is 17.5 Å². The van der Waals surface area contributed by atoms with Crippen molar-refractivity contribution in [3.05, 3.63) is 58.1 Å². The molecule has 0 aliphatic heterocycles. The maximum absolute atomic E-state index is 13.5. The molecule has 2 aromatic carbocycles. The van der Waals surface area contributed by atoms with Crippen LogP contribution in [-0.4, -0.2) is 36.9 Å². The van der Waals surface area contributed by atoms with Gasteiger partial charge in [-0.3, -0.25) is 14.5 Å². The summed E-state index contributed by atoms with van der Waals surface area (Å²) in [4.78, 5) is 25.5. The Kier molecular flexibility index (Phi) is 6.82. The third kappa shape index (κ3) is 5.89. The Morgan fingerprint density at radius 2 is 1.62 bits per heavy atom. The van der Waals surface area contributed by atoms with Crippen LogP contribution in [0.1, 0.15) is 5.56 Å². The van der Waals surface area contributed by atoms with Crippen LogP contribution in [0.15, 0.2) is 40.9 Å². The number of benzene rings is 2. The molecule has 0 radical (unpaired) electrons. The van der Waals surface area contributed by atoms with Crippen molar-refractivity contribution in [2.24, 2.45) is 0 Å². The second-order valence-electron chi connectivity index (χ2n) is 5.85. The number of likely N-dealkylation sites (N-methyl/N-ethyl adjacent to an activating group) is 1. The van der Waals surface area contributed by atoms with Crippen molar-refractivity contribution < 1.29 is 18.4 Å². The molecule has 0 heterocycles. The average Bonchev–Trinajstić information content (AvgIpc) is 2.53. The molecule has 0 atom stereocenters. The first kappa shape index (κ1) is 20.0. The van der Waals surface area contributed by atoms with Gasteiger partial charge < -0.3 is 10.6 Å². The molecule has 2 aromatic rings. The largest absolute Gasteiger partial charge is 0.325 e. The van der Waals surface area contributed by atoms with Gasteiger partial charge in [-0.1, -0.05) is 15.9 Å². The minimum atomic E-state index is -0.731. The van der Waals surface area contributed by atoms with Gasteiger partial charge in [0, 0.05) is 16.2 Å². The van der Waals surface area contributed by atoms with Gasteiger partial charge in [0.05, 0.1) is 18.8 Å². The standard InChI is InChI=1S/C18H18BrF2N3O2/c1-11-7-12(19)3-6-15(11)22-17(25)9-24(2)10-18(26)23-16-8-13(20)4-5-14(16)21/h3-8H,9-10H2,1-2H3,(H,22,25)(H,23,26). The Balaban J connectivity index is 1.87. The van der Waals surface area contributed by atoms with E-state index in [2.05, 4.69) is 26.6 Å². The molecule has 2 N–H and O–H groups in total. The summed E-state index contributed by atoms with van der Waals surface area (Å²) in [7, 11) is 1.58. The summed E-state index contributed by atoms with van der Waals surface area (Å²) in [6, 6.07) is 8.26. The van der Waals surface area contributed by atoms with Crippen molar-refractivity contribution in [1.29, 1.82) is 0 Å². The molecule has 0 saturated carbocycles. The smallest absolute Gasteiger partial charge is 0.238 e. The third-order valence-corrected chi connectivity index (χ3v) is 3.99. The summed E-state index contributed by atoms with van der Waals surface area (Å²) >= 11 is 3.35. The highest BCUT2D eigenvalue weighted by atomic mass is 79.9. The number of carbonyl (C=O) groups is 2. The maximum Gasteiger partial charge on any atom is 0.238 e. The minimum absolute atomic E-state index is 0.0332. The molecule has 0 aliphatic rings. The fourth-order valence-electron chi connectivity index (χ4n) is 2.29. The first-order chi connectivity index (χ1) is 12.2. The predicted molar refractivity (Wildman–Crippen MR) is 100.0 cm³/mol. The Morgan fingerprint density at radius 3 is 2.23 bits per heavy atom. The van der Waals surface area contributed by atoms with E-state index in [4.69, 9.17) is 0 Å². The quantitative estimate of drug-likeness (QED) is 0.743. The van der Waals surface area contributed by atoms with Crippen molar-refractivity contribution >= 4 is 39.1 Å². The van der Waals surface area contributed by atoms with Crippen LogP contribution in [0.4, 0.5) is 20.2 Å². The van der Waals surface area contributed by atoms with Crippen LogP contribution >= 0.6 is 15.9 Å². The maximum atomic E-state index is 13.5.